The SMILES string of the molecule is C[C@H]1CCC[C@@](C)(CCCCCn2c(=O)c(-c3cnc(N)[nH]3)nc3ccccc32)N1. The zero-order valence-electron chi connectivity index (χ0n) is 17.9. The quantitative estimate of drug-likeness (QED) is 0.516. The molecule has 1 aliphatic heterocycles. The number of anilines is 1. The van der Waals surface area contributed by atoms with Crippen LogP contribution in [-0.2, 0) is 6.54 Å². The highest BCUT2D eigenvalue weighted by Gasteiger charge is 2.28. The summed E-state index contributed by atoms with van der Waals surface area (Å²) in [6, 6.07) is 8.40. The smallest absolute Gasteiger partial charge is 0.279 e. The fraction of sp³-hybridized carbons (Fsp3) is 0.522. The third-order valence-electron chi connectivity index (χ3n) is 6.27. The number of aromatic nitrogens is 4. The molecule has 0 unspecified atom stereocenters. The molecule has 0 spiro atoms. The summed E-state index contributed by atoms with van der Waals surface area (Å²) in [6.07, 6.45) is 9.81. The monoisotopic (exact) mass is 408 g/mol. The fourth-order valence-electron chi connectivity index (χ4n) is 4.74. The van der Waals surface area contributed by atoms with Gasteiger partial charge < -0.3 is 20.6 Å². The van der Waals surface area contributed by atoms with Gasteiger partial charge >= 0.3 is 0 Å². The van der Waals surface area contributed by atoms with Crippen molar-refractivity contribution in [3.63, 3.8) is 0 Å². The molecule has 0 saturated carbocycles. The molecule has 2 atom stereocenters. The molecule has 0 aliphatic carbocycles. The first-order valence-corrected chi connectivity index (χ1v) is 11.0. The van der Waals surface area contributed by atoms with Crippen LogP contribution in [0.25, 0.3) is 22.4 Å². The zero-order valence-corrected chi connectivity index (χ0v) is 17.9. The third kappa shape index (κ3) is 4.41. The van der Waals surface area contributed by atoms with E-state index >= 15 is 0 Å². The van der Waals surface area contributed by atoms with Gasteiger partial charge in [0.2, 0.25) is 0 Å². The Balaban J connectivity index is 1.47. The second-order valence-corrected chi connectivity index (χ2v) is 8.90. The molecule has 0 radical (unpaired) electrons. The molecule has 2 aromatic heterocycles. The normalized spacial score (nSPS) is 21.9. The van der Waals surface area contributed by atoms with Crippen LogP contribution in [0.3, 0.4) is 0 Å². The minimum Gasteiger partial charge on any atom is -0.369 e. The van der Waals surface area contributed by atoms with E-state index in [1.807, 2.05) is 28.8 Å². The molecule has 1 aromatic carbocycles. The summed E-state index contributed by atoms with van der Waals surface area (Å²) in [6.45, 7) is 5.31. The number of H-pyrrole nitrogens is 1. The molecule has 3 aromatic rings. The van der Waals surface area contributed by atoms with Crippen LogP contribution in [0.1, 0.15) is 58.8 Å². The Bertz CT molecular complexity index is 1070. The van der Waals surface area contributed by atoms with E-state index in [9.17, 15) is 4.79 Å². The Hall–Kier alpha value is -2.67. The van der Waals surface area contributed by atoms with E-state index < -0.39 is 0 Å². The van der Waals surface area contributed by atoms with Crippen LogP contribution in [0.15, 0.2) is 35.3 Å². The highest BCUT2D eigenvalue weighted by atomic mass is 16.1. The van der Waals surface area contributed by atoms with Gasteiger partial charge in [0.25, 0.3) is 5.56 Å². The summed E-state index contributed by atoms with van der Waals surface area (Å²) < 4.78 is 1.84. The van der Waals surface area contributed by atoms with Gasteiger partial charge in [-0.25, -0.2) is 9.97 Å². The van der Waals surface area contributed by atoms with Gasteiger partial charge in [0.05, 0.1) is 22.9 Å². The average Bonchev–Trinajstić information content (AvgIpc) is 3.14. The number of unbranched alkanes of at least 4 members (excludes halogenated alkanes) is 2. The van der Waals surface area contributed by atoms with Crippen LogP contribution in [0, 0.1) is 0 Å². The number of nitrogens with one attached hydrogen (secondary N) is 2. The molecular formula is C23H32N6O. The maximum Gasteiger partial charge on any atom is 0.279 e. The Morgan fingerprint density at radius 3 is 2.87 bits per heavy atom. The number of fused-ring (bicyclic) bond motifs is 1. The second kappa shape index (κ2) is 8.60. The summed E-state index contributed by atoms with van der Waals surface area (Å²) in [5, 5.41) is 3.78. The van der Waals surface area contributed by atoms with Crippen molar-refractivity contribution in [2.75, 3.05) is 5.73 Å². The summed E-state index contributed by atoms with van der Waals surface area (Å²) >= 11 is 0. The average molecular weight is 409 g/mol. The van der Waals surface area contributed by atoms with Crippen molar-refractivity contribution in [3.05, 3.63) is 40.8 Å². The molecule has 0 bridgehead atoms. The molecule has 1 fully saturated rings. The number of hydrogen-bond donors (Lipinski definition) is 3. The van der Waals surface area contributed by atoms with E-state index in [-0.39, 0.29) is 17.0 Å². The first-order valence-electron chi connectivity index (χ1n) is 11.0. The molecular weight excluding hydrogens is 376 g/mol. The van der Waals surface area contributed by atoms with Crippen molar-refractivity contribution >= 4 is 17.0 Å². The van der Waals surface area contributed by atoms with E-state index in [1.54, 1.807) is 6.20 Å². The number of benzene rings is 1. The van der Waals surface area contributed by atoms with Crippen molar-refractivity contribution in [1.29, 1.82) is 0 Å². The third-order valence-corrected chi connectivity index (χ3v) is 6.27. The Morgan fingerprint density at radius 1 is 1.27 bits per heavy atom. The number of nitrogens with zero attached hydrogens (tertiary/aromatic N) is 3. The molecule has 4 N–H and O–H groups in total. The van der Waals surface area contributed by atoms with Gasteiger partial charge in [0, 0.05) is 18.1 Å². The highest BCUT2D eigenvalue weighted by molar-refractivity contribution is 5.77. The van der Waals surface area contributed by atoms with E-state index in [4.69, 9.17) is 5.73 Å². The number of nitrogen functional groups attached to an aromatic ring is 1. The first kappa shape index (κ1) is 20.6. The van der Waals surface area contributed by atoms with Crippen molar-refractivity contribution in [2.24, 2.45) is 0 Å². The lowest BCUT2D eigenvalue weighted by molar-refractivity contribution is 0.214. The van der Waals surface area contributed by atoms with Crippen LogP contribution in [0.4, 0.5) is 5.95 Å². The van der Waals surface area contributed by atoms with Crippen molar-refractivity contribution in [2.45, 2.75) is 76.9 Å². The zero-order chi connectivity index (χ0) is 21.1. The lowest BCUT2D eigenvalue weighted by atomic mass is 9.84. The van der Waals surface area contributed by atoms with Gasteiger partial charge in [0.15, 0.2) is 11.6 Å². The second-order valence-electron chi connectivity index (χ2n) is 8.90. The van der Waals surface area contributed by atoms with E-state index in [0.717, 1.165) is 30.3 Å². The number of aryl methyl sites for hydroxylation is 1. The van der Waals surface area contributed by atoms with Gasteiger partial charge in [-0.2, -0.15) is 0 Å². The fourth-order valence-corrected chi connectivity index (χ4v) is 4.74. The van der Waals surface area contributed by atoms with Crippen LogP contribution in [0.5, 0.6) is 0 Å². The Labute approximate surface area is 177 Å². The van der Waals surface area contributed by atoms with Crippen LogP contribution in [-0.4, -0.2) is 31.1 Å². The highest BCUT2D eigenvalue weighted by Crippen LogP contribution is 2.27. The molecule has 7 nitrogen and oxygen atoms in total. The molecule has 3 heterocycles. The molecule has 7 heteroatoms. The molecule has 160 valence electrons. The number of aromatic amines is 1. The maximum absolute atomic E-state index is 13.2. The minimum atomic E-state index is -0.105. The Morgan fingerprint density at radius 2 is 2.10 bits per heavy atom. The number of piperidine rings is 1. The lowest BCUT2D eigenvalue weighted by Crippen LogP contribution is -2.50. The van der Waals surface area contributed by atoms with Crippen LogP contribution < -0.4 is 16.6 Å². The van der Waals surface area contributed by atoms with Gasteiger partial charge in [-0.3, -0.25) is 4.79 Å². The van der Waals surface area contributed by atoms with Gasteiger partial charge in [-0.05, 0) is 51.7 Å². The van der Waals surface area contributed by atoms with Gasteiger partial charge in [0.1, 0.15) is 0 Å². The molecule has 0 amide bonds. The molecule has 30 heavy (non-hydrogen) atoms. The largest absolute Gasteiger partial charge is 0.369 e. The number of nitrogens with two attached hydrogens (primary N) is 1. The Kier molecular flexibility index (Phi) is 5.90. The number of rotatable bonds is 7. The van der Waals surface area contributed by atoms with Crippen LogP contribution >= 0.6 is 0 Å². The summed E-state index contributed by atoms with van der Waals surface area (Å²) in [5.74, 6) is 0.282. The number of hydrogen-bond acceptors (Lipinski definition) is 5. The summed E-state index contributed by atoms with van der Waals surface area (Å²) in [7, 11) is 0. The molecule has 1 aliphatic rings. The van der Waals surface area contributed by atoms with Gasteiger partial charge in [-0.15, -0.1) is 0 Å². The number of para-hydroxylation sites is 2. The van der Waals surface area contributed by atoms with Crippen LogP contribution in [0.2, 0.25) is 0 Å². The van der Waals surface area contributed by atoms with Crippen molar-refractivity contribution in [1.82, 2.24) is 24.8 Å². The first-order chi connectivity index (χ1) is 14.5. The standard InChI is InChI=1S/C23H32N6O/c1-16-9-8-13-23(2,28-16)12-6-3-7-14-29-19-11-5-4-10-17(19)26-20(21(29)30)18-15-25-22(24)27-18/h4-5,10-11,15-16,28H,3,6-9,12-14H2,1-2H3,(H3,24,25,27)/t16-,23+/m0/s1. The summed E-state index contributed by atoms with van der Waals surface area (Å²) in [5.41, 5.74) is 8.45. The molecule has 4 rings (SSSR count). The lowest BCUT2D eigenvalue weighted by Gasteiger charge is -2.39. The van der Waals surface area contributed by atoms with E-state index in [1.165, 1.54) is 25.7 Å². The minimum absolute atomic E-state index is 0.105. The van der Waals surface area contributed by atoms with Crippen molar-refractivity contribution < 1.29 is 0 Å². The molecule has 1 saturated heterocycles. The number of imidazole rings is 1. The summed E-state index contributed by atoms with van der Waals surface area (Å²) in [4.78, 5) is 24.7. The maximum atomic E-state index is 13.2. The van der Waals surface area contributed by atoms with Crippen molar-refractivity contribution in [3.8, 4) is 11.4 Å². The predicted molar refractivity (Wildman–Crippen MR) is 121 cm³/mol. The van der Waals surface area contributed by atoms with E-state index in [0.29, 0.717) is 24.0 Å². The van der Waals surface area contributed by atoms with Gasteiger partial charge in [-0.1, -0.05) is 31.4 Å². The topological polar surface area (TPSA) is 102 Å². The predicted octanol–water partition coefficient (Wildman–Crippen LogP) is 3.85. The van der Waals surface area contributed by atoms with E-state index in [2.05, 4.69) is 34.1 Å².